The maximum absolute atomic E-state index is 12.8. The summed E-state index contributed by atoms with van der Waals surface area (Å²) >= 11 is 0. The molecule has 0 aliphatic carbocycles. The van der Waals surface area contributed by atoms with Gasteiger partial charge in [0, 0.05) is 12.2 Å². The van der Waals surface area contributed by atoms with Crippen LogP contribution >= 0.6 is 0 Å². The lowest BCUT2D eigenvalue weighted by Gasteiger charge is -2.38. The van der Waals surface area contributed by atoms with Crippen LogP contribution in [0.2, 0.25) is 0 Å². The highest BCUT2D eigenvalue weighted by molar-refractivity contribution is 5.45. The first kappa shape index (κ1) is 11.4. The van der Waals surface area contributed by atoms with E-state index in [-0.39, 0.29) is 11.4 Å². The molecule has 0 saturated carbocycles. The maximum atomic E-state index is 12.8. The van der Waals surface area contributed by atoms with Crippen molar-refractivity contribution >= 4 is 5.69 Å². The van der Waals surface area contributed by atoms with Crippen molar-refractivity contribution in [1.29, 1.82) is 0 Å². The highest BCUT2D eigenvalue weighted by Crippen LogP contribution is 2.23. The lowest BCUT2D eigenvalue weighted by molar-refractivity contribution is 0.346. The maximum Gasteiger partial charge on any atom is 0.123 e. The van der Waals surface area contributed by atoms with Gasteiger partial charge in [0.2, 0.25) is 0 Å². The molecule has 1 aromatic rings. The summed E-state index contributed by atoms with van der Waals surface area (Å²) in [5.74, 6) is -0.211. The van der Waals surface area contributed by atoms with Crippen LogP contribution in [0.25, 0.3) is 0 Å². The minimum atomic E-state index is -0.211. The highest BCUT2D eigenvalue weighted by atomic mass is 19.1. The van der Waals surface area contributed by atoms with Crippen molar-refractivity contribution in [1.82, 2.24) is 5.32 Å². The molecule has 16 heavy (non-hydrogen) atoms. The smallest absolute Gasteiger partial charge is 0.123 e. The Labute approximate surface area is 95.2 Å². The first-order chi connectivity index (χ1) is 7.74. The fourth-order valence-corrected chi connectivity index (χ4v) is 2.12. The van der Waals surface area contributed by atoms with Gasteiger partial charge in [-0.05, 0) is 50.2 Å². The number of benzene rings is 1. The SMILES string of the molecule is NCC1(Nc2ccc(F)cc2)CCNCC1. The van der Waals surface area contributed by atoms with Crippen LogP contribution in [0, 0.1) is 5.82 Å². The molecule has 0 bridgehead atoms. The molecular weight excluding hydrogens is 205 g/mol. The molecule has 0 aromatic heterocycles. The van der Waals surface area contributed by atoms with Crippen molar-refractivity contribution in [2.45, 2.75) is 18.4 Å². The van der Waals surface area contributed by atoms with Gasteiger partial charge in [0.25, 0.3) is 0 Å². The summed E-state index contributed by atoms with van der Waals surface area (Å²) < 4.78 is 12.8. The van der Waals surface area contributed by atoms with Gasteiger partial charge in [-0.1, -0.05) is 0 Å². The van der Waals surface area contributed by atoms with E-state index in [0.717, 1.165) is 31.6 Å². The zero-order chi connectivity index (χ0) is 11.4. The van der Waals surface area contributed by atoms with E-state index < -0.39 is 0 Å². The van der Waals surface area contributed by atoms with Crippen LogP contribution in [-0.4, -0.2) is 25.2 Å². The number of anilines is 1. The van der Waals surface area contributed by atoms with Gasteiger partial charge < -0.3 is 16.4 Å². The summed E-state index contributed by atoms with van der Waals surface area (Å²) in [5, 5.41) is 6.75. The van der Waals surface area contributed by atoms with E-state index in [1.165, 1.54) is 12.1 Å². The third-order valence-corrected chi connectivity index (χ3v) is 3.21. The Hall–Kier alpha value is -1.13. The molecule has 1 saturated heterocycles. The van der Waals surface area contributed by atoms with Crippen molar-refractivity contribution in [3.8, 4) is 0 Å². The van der Waals surface area contributed by atoms with Crippen LogP contribution in [0.15, 0.2) is 24.3 Å². The summed E-state index contributed by atoms with van der Waals surface area (Å²) in [4.78, 5) is 0. The Kier molecular flexibility index (Phi) is 3.41. The zero-order valence-corrected chi connectivity index (χ0v) is 9.30. The molecular formula is C12H18FN3. The Bertz CT molecular complexity index is 331. The summed E-state index contributed by atoms with van der Waals surface area (Å²) in [7, 11) is 0. The number of halogens is 1. The third-order valence-electron chi connectivity index (χ3n) is 3.21. The van der Waals surface area contributed by atoms with E-state index in [4.69, 9.17) is 5.73 Å². The van der Waals surface area contributed by atoms with Gasteiger partial charge >= 0.3 is 0 Å². The van der Waals surface area contributed by atoms with Crippen LogP contribution < -0.4 is 16.4 Å². The molecule has 1 aliphatic heterocycles. The van der Waals surface area contributed by atoms with E-state index >= 15 is 0 Å². The number of rotatable bonds is 3. The highest BCUT2D eigenvalue weighted by Gasteiger charge is 2.30. The van der Waals surface area contributed by atoms with Crippen LogP contribution in [-0.2, 0) is 0 Å². The van der Waals surface area contributed by atoms with Crippen molar-refractivity contribution in [2.24, 2.45) is 5.73 Å². The molecule has 3 nitrogen and oxygen atoms in total. The van der Waals surface area contributed by atoms with E-state index in [9.17, 15) is 4.39 Å². The number of nitrogens with two attached hydrogens (primary N) is 1. The van der Waals surface area contributed by atoms with Crippen molar-refractivity contribution < 1.29 is 4.39 Å². The summed E-state index contributed by atoms with van der Waals surface area (Å²) in [5.41, 5.74) is 6.75. The fourth-order valence-electron chi connectivity index (χ4n) is 2.12. The van der Waals surface area contributed by atoms with Gasteiger partial charge in [0.05, 0.1) is 5.54 Å². The van der Waals surface area contributed by atoms with E-state index in [1.54, 1.807) is 12.1 Å². The molecule has 0 unspecified atom stereocenters. The number of nitrogens with one attached hydrogen (secondary N) is 2. The molecule has 1 aliphatic rings. The van der Waals surface area contributed by atoms with Gasteiger partial charge in [-0.2, -0.15) is 0 Å². The molecule has 88 valence electrons. The number of hydrogen-bond donors (Lipinski definition) is 3. The van der Waals surface area contributed by atoms with Crippen molar-refractivity contribution in [3.05, 3.63) is 30.1 Å². The molecule has 1 fully saturated rings. The molecule has 0 radical (unpaired) electrons. The van der Waals surface area contributed by atoms with Gasteiger partial charge in [0.1, 0.15) is 5.82 Å². The predicted octanol–water partition coefficient (Wildman–Crippen LogP) is 1.32. The second-order valence-electron chi connectivity index (χ2n) is 4.37. The summed E-state index contributed by atoms with van der Waals surface area (Å²) in [6, 6.07) is 6.45. The third kappa shape index (κ3) is 2.51. The first-order valence-electron chi connectivity index (χ1n) is 5.69. The zero-order valence-electron chi connectivity index (χ0n) is 9.30. The van der Waals surface area contributed by atoms with Crippen LogP contribution in [0.4, 0.5) is 10.1 Å². The fraction of sp³-hybridized carbons (Fsp3) is 0.500. The summed E-state index contributed by atoms with van der Waals surface area (Å²) in [6.45, 7) is 2.56. The molecule has 0 spiro atoms. The molecule has 4 heteroatoms. The molecule has 1 aromatic carbocycles. The number of piperidine rings is 1. The first-order valence-corrected chi connectivity index (χ1v) is 5.69. The van der Waals surface area contributed by atoms with Crippen molar-refractivity contribution in [3.63, 3.8) is 0 Å². The molecule has 1 heterocycles. The molecule has 0 amide bonds. The Morgan fingerprint density at radius 1 is 1.25 bits per heavy atom. The average Bonchev–Trinajstić information content (AvgIpc) is 2.33. The van der Waals surface area contributed by atoms with E-state index in [2.05, 4.69) is 10.6 Å². The quantitative estimate of drug-likeness (QED) is 0.724. The molecule has 2 rings (SSSR count). The van der Waals surface area contributed by atoms with Crippen LogP contribution in [0.1, 0.15) is 12.8 Å². The number of hydrogen-bond acceptors (Lipinski definition) is 3. The van der Waals surface area contributed by atoms with Crippen molar-refractivity contribution in [2.75, 3.05) is 25.0 Å². The Balaban J connectivity index is 2.08. The lowest BCUT2D eigenvalue weighted by Crippen LogP contribution is -2.52. The average molecular weight is 223 g/mol. The standard InChI is InChI=1S/C12H18FN3/c13-10-1-3-11(4-2-10)16-12(9-14)5-7-15-8-6-12/h1-4,15-16H,5-9,14H2. The second-order valence-corrected chi connectivity index (χ2v) is 4.37. The van der Waals surface area contributed by atoms with Gasteiger partial charge in [0.15, 0.2) is 0 Å². The van der Waals surface area contributed by atoms with E-state index in [1.807, 2.05) is 0 Å². The van der Waals surface area contributed by atoms with Crippen LogP contribution in [0.3, 0.4) is 0 Å². The molecule has 0 atom stereocenters. The molecule has 4 N–H and O–H groups in total. The minimum absolute atomic E-state index is 0.0386. The largest absolute Gasteiger partial charge is 0.378 e. The van der Waals surface area contributed by atoms with Crippen LogP contribution in [0.5, 0.6) is 0 Å². The normalized spacial score (nSPS) is 19.4. The topological polar surface area (TPSA) is 50.1 Å². The summed E-state index contributed by atoms with van der Waals surface area (Å²) in [6.07, 6.45) is 2.00. The Morgan fingerprint density at radius 3 is 2.44 bits per heavy atom. The lowest BCUT2D eigenvalue weighted by atomic mass is 9.88. The van der Waals surface area contributed by atoms with Gasteiger partial charge in [-0.25, -0.2) is 4.39 Å². The monoisotopic (exact) mass is 223 g/mol. The Morgan fingerprint density at radius 2 is 1.88 bits per heavy atom. The van der Waals surface area contributed by atoms with E-state index in [0.29, 0.717) is 6.54 Å². The predicted molar refractivity (Wildman–Crippen MR) is 63.9 cm³/mol. The second kappa shape index (κ2) is 4.80. The van der Waals surface area contributed by atoms with Gasteiger partial charge in [-0.15, -0.1) is 0 Å². The van der Waals surface area contributed by atoms with Gasteiger partial charge in [-0.3, -0.25) is 0 Å². The minimum Gasteiger partial charge on any atom is -0.378 e.